The van der Waals surface area contributed by atoms with Gasteiger partial charge in [0.05, 0.1) is 122 Å². The Morgan fingerprint density at radius 1 is 0.430 bits per heavy atom. The van der Waals surface area contributed by atoms with Gasteiger partial charge in [-0.05, 0) is 129 Å². The van der Waals surface area contributed by atoms with E-state index < -0.39 is 108 Å². The molecule has 5 heterocycles. The van der Waals surface area contributed by atoms with Crippen LogP contribution in [0.15, 0.2) is 71.9 Å². The highest BCUT2D eigenvalue weighted by molar-refractivity contribution is 5.83. The number of fused-ring (bicyclic) bond motifs is 4. The van der Waals surface area contributed by atoms with Crippen molar-refractivity contribution in [3.8, 4) is 0 Å². The van der Waals surface area contributed by atoms with E-state index in [-0.39, 0.29) is 97.9 Å². The summed E-state index contributed by atoms with van der Waals surface area (Å²) in [7, 11) is 9.98. The minimum atomic E-state index is -1.14. The lowest BCUT2D eigenvalue weighted by molar-refractivity contribution is -0.158. The summed E-state index contributed by atoms with van der Waals surface area (Å²) in [5.41, 5.74) is 1.58. The van der Waals surface area contributed by atoms with Crippen molar-refractivity contribution in [2.45, 2.75) is 333 Å². The Labute approximate surface area is 601 Å². The van der Waals surface area contributed by atoms with Gasteiger partial charge in [0, 0.05) is 116 Å². The number of hydrogen-bond acceptors (Lipinski definition) is 20. The van der Waals surface area contributed by atoms with Crippen LogP contribution < -0.4 is 0 Å². The molecule has 5 aliphatic rings. The molecular formula is C80H136O20. The predicted octanol–water partition coefficient (Wildman–Crippen LogP) is 11.4. The molecule has 0 aromatic heterocycles. The molecule has 0 aliphatic carbocycles. The molecule has 4 bridgehead atoms. The highest BCUT2D eigenvalue weighted by Crippen LogP contribution is 2.37. The Hall–Kier alpha value is -3.26. The Balaban J connectivity index is 1.39. The minimum absolute atomic E-state index is 0.0171. The second kappa shape index (κ2) is 44.6. The molecule has 5 rings (SSSR count). The summed E-state index contributed by atoms with van der Waals surface area (Å²) in [4.78, 5) is 28.0. The number of aliphatic hydroxyl groups is 6. The molecule has 2 fully saturated rings. The Morgan fingerprint density at radius 2 is 0.780 bits per heavy atom. The van der Waals surface area contributed by atoms with Crippen molar-refractivity contribution in [2.24, 2.45) is 47.3 Å². The molecule has 0 radical (unpaired) electrons. The van der Waals surface area contributed by atoms with Crippen molar-refractivity contribution in [3.05, 3.63) is 71.9 Å². The molecule has 20 heteroatoms. The maximum atomic E-state index is 14.0. The summed E-state index contributed by atoms with van der Waals surface area (Å²) in [5, 5.41) is 72.1. The zero-order valence-corrected chi connectivity index (χ0v) is 64.2. The maximum absolute atomic E-state index is 14.0. The quantitative estimate of drug-likeness (QED) is 0.0550. The Bertz CT molecular complexity index is 2350. The van der Waals surface area contributed by atoms with Crippen LogP contribution in [0.4, 0.5) is 0 Å². The van der Waals surface area contributed by atoms with Crippen molar-refractivity contribution in [1.82, 2.24) is 0 Å². The van der Waals surface area contributed by atoms with Gasteiger partial charge in [0.2, 0.25) is 0 Å². The van der Waals surface area contributed by atoms with Crippen molar-refractivity contribution in [3.63, 3.8) is 0 Å². The lowest BCUT2D eigenvalue weighted by atomic mass is 9.78. The van der Waals surface area contributed by atoms with Gasteiger partial charge in [-0.1, -0.05) is 115 Å². The van der Waals surface area contributed by atoms with E-state index >= 15 is 0 Å². The van der Waals surface area contributed by atoms with Crippen molar-refractivity contribution in [1.29, 1.82) is 0 Å². The normalized spacial score (nSPS) is 40.5. The standard InChI is InChI=1S/C80H136O20/c1-47-25-31-59(89-13)39-61-21-19-23-63(97-61)43-73(93-17)54(8)70(82)46-72(84)56(10)80(58(12)78(88)50(4)30-34-66-42-68(92-16)38-52(6)96-66)100-76(86)36-28-48(2)26-32-60(90-14)40-62-22-20-24-64(98-62)44-74(94-18)53(7)69(81)45-71(83)55(9)79(99-75(85)35-27-47)57(11)77(87)49(3)29-33-65-41-67(91-15)37-51(5)95-65/h19-22,25-28,35-36,49-74,77-84,87-88H,23-24,29-34,37-46H2,1-18H3/b35-27-,36-28+,47-25+,48-26+/t49-,50-,51-,52-,53-,54-,55-,56-,57-,58-,59-,60-,61-,62-,63-,64-,65-,66-,67+,68+,69-,70-,71+,72+,73-,74-,77-,78-,79-,80-/m0/s1. The number of methoxy groups -OCH3 is 6. The first-order valence-electron chi connectivity index (χ1n) is 37.8. The molecule has 0 amide bonds. The number of hydrogen-bond donors (Lipinski definition) is 6. The van der Waals surface area contributed by atoms with E-state index in [1.165, 1.54) is 12.2 Å². The first-order valence-corrected chi connectivity index (χ1v) is 37.8. The van der Waals surface area contributed by atoms with Gasteiger partial charge in [0.15, 0.2) is 0 Å². The summed E-state index contributed by atoms with van der Waals surface area (Å²) in [5.74, 6) is -5.21. The number of cyclic esters (lactones) is 2. The third-order valence-electron chi connectivity index (χ3n) is 22.9. The molecule has 0 saturated carbocycles. The van der Waals surface area contributed by atoms with Gasteiger partial charge in [-0.15, -0.1) is 0 Å². The summed E-state index contributed by atoms with van der Waals surface area (Å²) >= 11 is 0. The van der Waals surface area contributed by atoms with Gasteiger partial charge in [-0.25, -0.2) is 9.59 Å². The van der Waals surface area contributed by atoms with Gasteiger partial charge >= 0.3 is 11.9 Å². The summed E-state index contributed by atoms with van der Waals surface area (Å²) in [6.07, 6.45) is 18.3. The van der Waals surface area contributed by atoms with Crippen LogP contribution in [-0.2, 0) is 66.4 Å². The topological polar surface area (TPSA) is 266 Å². The van der Waals surface area contributed by atoms with Crippen LogP contribution in [-0.4, -0.2) is 220 Å². The predicted molar refractivity (Wildman–Crippen MR) is 387 cm³/mol. The highest BCUT2D eigenvalue weighted by atomic mass is 16.6. The minimum Gasteiger partial charge on any atom is -0.458 e. The monoisotopic (exact) mass is 1420 g/mol. The molecule has 6 N–H and O–H groups in total. The molecule has 5 aliphatic heterocycles. The molecule has 0 unspecified atom stereocenters. The lowest BCUT2D eigenvalue weighted by Crippen LogP contribution is -2.45. The first kappa shape index (κ1) is 87.4. The van der Waals surface area contributed by atoms with E-state index in [1.54, 1.807) is 68.7 Å². The van der Waals surface area contributed by atoms with Crippen LogP contribution in [0.5, 0.6) is 0 Å². The van der Waals surface area contributed by atoms with E-state index in [0.29, 0.717) is 64.2 Å². The van der Waals surface area contributed by atoms with Crippen molar-refractivity contribution < 1.29 is 97.1 Å². The molecule has 0 aromatic rings. The number of ether oxygens (including phenoxy) is 12. The van der Waals surface area contributed by atoms with E-state index in [4.69, 9.17) is 56.8 Å². The van der Waals surface area contributed by atoms with E-state index in [1.807, 2.05) is 79.7 Å². The van der Waals surface area contributed by atoms with Gasteiger partial charge in [-0.2, -0.15) is 0 Å². The highest BCUT2D eigenvalue weighted by Gasteiger charge is 2.42. The molecular weight excluding hydrogens is 1280 g/mol. The molecule has 20 nitrogen and oxygen atoms in total. The average Bonchev–Trinajstić information content (AvgIpc) is 0.842. The Morgan fingerprint density at radius 3 is 1.12 bits per heavy atom. The third-order valence-corrected chi connectivity index (χ3v) is 22.9. The fourth-order valence-corrected chi connectivity index (χ4v) is 15.7. The van der Waals surface area contributed by atoms with Crippen LogP contribution in [0.3, 0.4) is 0 Å². The second-order valence-electron chi connectivity index (χ2n) is 30.7. The van der Waals surface area contributed by atoms with E-state index in [0.717, 1.165) is 49.7 Å². The largest absolute Gasteiger partial charge is 0.458 e. The number of carbonyl (C=O) groups excluding carboxylic acids is 2. The Kier molecular flexibility index (Phi) is 39.0. The average molecular weight is 1420 g/mol. The smallest absolute Gasteiger partial charge is 0.331 e. The molecule has 2 saturated heterocycles. The number of aliphatic hydroxyl groups excluding tert-OH is 6. The van der Waals surface area contributed by atoms with Crippen LogP contribution in [0.2, 0.25) is 0 Å². The van der Waals surface area contributed by atoms with Gasteiger partial charge in [0.1, 0.15) is 12.2 Å². The first-order chi connectivity index (χ1) is 47.5. The van der Waals surface area contributed by atoms with Gasteiger partial charge < -0.3 is 87.5 Å². The number of carbonyl (C=O) groups is 2. The zero-order valence-electron chi connectivity index (χ0n) is 64.2. The van der Waals surface area contributed by atoms with Crippen molar-refractivity contribution in [2.75, 3.05) is 42.7 Å². The molecule has 30 atom stereocenters. The third kappa shape index (κ3) is 28.6. The number of allylic oxidation sites excluding steroid dienone is 4. The molecule has 0 spiro atoms. The van der Waals surface area contributed by atoms with Gasteiger partial charge in [-0.3, -0.25) is 0 Å². The fraction of sp³-hybridized carbons (Fsp3) is 0.825. The molecule has 100 heavy (non-hydrogen) atoms. The summed E-state index contributed by atoms with van der Waals surface area (Å²) < 4.78 is 73.9. The SMILES string of the molecule is CO[C@H]1C[C@H](CC[C@H](C)[C@H](O)[C@H](C)[C@H]2OC(=O)/C=C\C(C)=C\C[C@H](OC)C[C@@H]3C=CC[C@@H](C[C@H](OC)[C@@H](C)[C@@H](O)C[C@@H](O)[C@H](C)[C@@H]([C@@H](C)[C@@H](O)[C@@H](C)CC[C@H]4C[C@H](OC)C[C@H](C)O4)OC(=O)/C=C/C(C)=C/C[C@H](OC)C[C@@H]4C=CC[C@@H](C[C@H](OC)[C@@H](C)[C@@H](O)C[C@@H](O)[C@@H]2C)O4)O3)O[C@@H](C)C1. The van der Waals surface area contributed by atoms with Crippen LogP contribution in [0.1, 0.15) is 199 Å². The van der Waals surface area contributed by atoms with E-state index in [2.05, 4.69) is 26.0 Å². The summed E-state index contributed by atoms with van der Waals surface area (Å²) in [6.45, 7) is 22.9. The van der Waals surface area contributed by atoms with E-state index in [9.17, 15) is 40.2 Å². The lowest BCUT2D eigenvalue weighted by Gasteiger charge is -2.38. The second-order valence-corrected chi connectivity index (χ2v) is 30.7. The number of rotatable bonds is 18. The molecule has 576 valence electrons. The fourth-order valence-electron chi connectivity index (χ4n) is 15.7. The van der Waals surface area contributed by atoms with Crippen LogP contribution in [0, 0.1) is 47.3 Å². The molecule has 0 aromatic carbocycles. The maximum Gasteiger partial charge on any atom is 0.331 e. The van der Waals surface area contributed by atoms with Gasteiger partial charge in [0.25, 0.3) is 0 Å². The van der Waals surface area contributed by atoms with Crippen LogP contribution >= 0.6 is 0 Å². The van der Waals surface area contributed by atoms with Crippen LogP contribution in [0.25, 0.3) is 0 Å². The number of esters is 2. The van der Waals surface area contributed by atoms with Crippen molar-refractivity contribution >= 4 is 11.9 Å². The zero-order chi connectivity index (χ0) is 73.9. The summed E-state index contributed by atoms with van der Waals surface area (Å²) in [6, 6.07) is 0.